The lowest BCUT2D eigenvalue weighted by atomic mass is 9.86. The average molecular weight is 219 g/mol. The highest BCUT2D eigenvalue weighted by Crippen LogP contribution is 2.30. The minimum Gasteiger partial charge on any atom is -0.493 e. The molecule has 4 heteroatoms. The highest BCUT2D eigenvalue weighted by molar-refractivity contribution is 5.38. The maximum absolute atomic E-state index is 8.15. The van der Waals surface area contributed by atoms with Crippen LogP contribution < -0.4 is 4.74 Å². The molecule has 0 aliphatic heterocycles. The van der Waals surface area contributed by atoms with Crippen molar-refractivity contribution in [3.05, 3.63) is 40.3 Å². The molecule has 0 spiro atoms. The zero-order chi connectivity index (χ0) is 12.0. The predicted molar refractivity (Wildman–Crippen MR) is 64.7 cm³/mol. The third-order valence-corrected chi connectivity index (χ3v) is 2.21. The Kier molecular flexibility index (Phi) is 4.20. The lowest BCUT2D eigenvalue weighted by Gasteiger charge is -2.22. The van der Waals surface area contributed by atoms with Crippen molar-refractivity contribution in [1.82, 2.24) is 0 Å². The van der Waals surface area contributed by atoms with Gasteiger partial charge in [0.1, 0.15) is 5.75 Å². The summed E-state index contributed by atoms with van der Waals surface area (Å²) in [6.45, 7) is 7.19. The summed E-state index contributed by atoms with van der Waals surface area (Å²) in [7, 11) is 0. The van der Waals surface area contributed by atoms with Gasteiger partial charge in [-0.25, -0.2) is 0 Å². The Balaban J connectivity index is 2.75. The molecule has 0 unspecified atom stereocenters. The Bertz CT molecular complexity index is 389. The van der Waals surface area contributed by atoms with Gasteiger partial charge in [0.05, 0.1) is 13.2 Å². The molecule has 0 atom stereocenters. The first-order valence-electron chi connectivity index (χ1n) is 5.29. The smallest absolute Gasteiger partial charge is 0.123 e. The maximum Gasteiger partial charge on any atom is 0.123 e. The van der Waals surface area contributed by atoms with Gasteiger partial charge in [-0.05, 0) is 22.6 Å². The molecule has 0 saturated heterocycles. The lowest BCUT2D eigenvalue weighted by Crippen LogP contribution is -2.14. The van der Waals surface area contributed by atoms with E-state index in [1.807, 2.05) is 18.2 Å². The third-order valence-electron chi connectivity index (χ3n) is 2.21. The monoisotopic (exact) mass is 219 g/mol. The van der Waals surface area contributed by atoms with Crippen LogP contribution in [0.15, 0.2) is 29.4 Å². The van der Waals surface area contributed by atoms with Gasteiger partial charge in [-0.15, -0.1) is 0 Å². The van der Waals surface area contributed by atoms with Gasteiger partial charge in [-0.2, -0.15) is 0 Å². The standard InChI is InChI=1S/C12H17N3O/c1-12(2,3)10-6-4-5-7-11(10)16-9-8-14-15-13/h4-7H,8-9H2,1-3H3. The molecule has 16 heavy (non-hydrogen) atoms. The van der Waals surface area contributed by atoms with Gasteiger partial charge in [0.25, 0.3) is 0 Å². The number of rotatable bonds is 4. The van der Waals surface area contributed by atoms with Crippen LogP contribution in [-0.4, -0.2) is 13.2 Å². The fourth-order valence-electron chi connectivity index (χ4n) is 1.45. The fourth-order valence-corrected chi connectivity index (χ4v) is 1.45. The molecule has 0 aliphatic rings. The Labute approximate surface area is 95.9 Å². The minimum absolute atomic E-state index is 0.0507. The molecule has 0 aliphatic carbocycles. The van der Waals surface area contributed by atoms with Crippen molar-refractivity contribution in [1.29, 1.82) is 0 Å². The van der Waals surface area contributed by atoms with Crippen LogP contribution in [-0.2, 0) is 5.41 Å². The Morgan fingerprint density at radius 3 is 2.62 bits per heavy atom. The topological polar surface area (TPSA) is 58.0 Å². The van der Waals surface area contributed by atoms with Crippen LogP contribution in [0.5, 0.6) is 5.75 Å². The quantitative estimate of drug-likeness (QED) is 0.330. The summed E-state index contributed by atoms with van der Waals surface area (Å²) in [5, 5.41) is 3.43. The van der Waals surface area contributed by atoms with E-state index in [1.165, 1.54) is 0 Å². The molecule has 0 saturated carbocycles. The van der Waals surface area contributed by atoms with Gasteiger partial charge >= 0.3 is 0 Å². The number of ether oxygens (including phenoxy) is 1. The van der Waals surface area contributed by atoms with Gasteiger partial charge in [-0.1, -0.05) is 44.1 Å². The Hall–Kier alpha value is -1.67. The fraction of sp³-hybridized carbons (Fsp3) is 0.500. The highest BCUT2D eigenvalue weighted by Gasteiger charge is 2.17. The van der Waals surface area contributed by atoms with Crippen molar-refractivity contribution < 1.29 is 4.74 Å². The summed E-state index contributed by atoms with van der Waals surface area (Å²) >= 11 is 0. The lowest BCUT2D eigenvalue weighted by molar-refractivity contribution is 0.319. The van der Waals surface area contributed by atoms with Gasteiger partial charge in [-0.3, -0.25) is 0 Å². The third kappa shape index (κ3) is 3.48. The molecule has 4 nitrogen and oxygen atoms in total. The first-order chi connectivity index (χ1) is 7.55. The van der Waals surface area contributed by atoms with E-state index in [-0.39, 0.29) is 5.41 Å². The molecule has 0 amide bonds. The summed E-state index contributed by atoms with van der Waals surface area (Å²) < 4.78 is 5.60. The van der Waals surface area contributed by atoms with Crippen LogP contribution in [0.1, 0.15) is 26.3 Å². The average Bonchev–Trinajstić information content (AvgIpc) is 2.24. The number of azide groups is 1. The predicted octanol–water partition coefficient (Wildman–Crippen LogP) is 3.67. The normalized spacial score (nSPS) is 10.7. The van der Waals surface area contributed by atoms with E-state index in [9.17, 15) is 0 Å². The number of benzene rings is 1. The first-order valence-corrected chi connectivity index (χ1v) is 5.29. The van der Waals surface area contributed by atoms with Gasteiger partial charge < -0.3 is 4.74 Å². The van der Waals surface area contributed by atoms with Crippen LogP contribution >= 0.6 is 0 Å². The molecular formula is C12H17N3O. The van der Waals surface area contributed by atoms with Crippen molar-refractivity contribution >= 4 is 0 Å². The van der Waals surface area contributed by atoms with Crippen LogP contribution in [0.25, 0.3) is 10.4 Å². The molecule has 0 radical (unpaired) electrons. The van der Waals surface area contributed by atoms with E-state index < -0.39 is 0 Å². The molecule has 1 rings (SSSR count). The second-order valence-corrected chi connectivity index (χ2v) is 4.55. The van der Waals surface area contributed by atoms with Crippen molar-refractivity contribution in [2.75, 3.05) is 13.2 Å². The summed E-state index contributed by atoms with van der Waals surface area (Å²) in [5.74, 6) is 0.864. The highest BCUT2D eigenvalue weighted by atomic mass is 16.5. The van der Waals surface area contributed by atoms with Gasteiger partial charge in [0, 0.05) is 4.91 Å². The van der Waals surface area contributed by atoms with E-state index >= 15 is 0 Å². The second-order valence-electron chi connectivity index (χ2n) is 4.55. The molecule has 0 heterocycles. The molecule has 1 aromatic carbocycles. The molecule has 1 aromatic rings. The van der Waals surface area contributed by atoms with Crippen molar-refractivity contribution in [3.63, 3.8) is 0 Å². The van der Waals surface area contributed by atoms with Crippen LogP contribution in [0.4, 0.5) is 0 Å². The second kappa shape index (κ2) is 5.42. The summed E-state index contributed by atoms with van der Waals surface area (Å²) in [6.07, 6.45) is 0. The number of para-hydroxylation sites is 1. The molecule has 0 bridgehead atoms. The zero-order valence-electron chi connectivity index (χ0n) is 9.97. The summed E-state index contributed by atoms with van der Waals surface area (Å²) in [4.78, 5) is 2.68. The van der Waals surface area contributed by atoms with E-state index in [0.717, 1.165) is 11.3 Å². The van der Waals surface area contributed by atoms with E-state index in [4.69, 9.17) is 10.3 Å². The van der Waals surface area contributed by atoms with Crippen molar-refractivity contribution in [2.45, 2.75) is 26.2 Å². The minimum atomic E-state index is 0.0507. The van der Waals surface area contributed by atoms with Gasteiger partial charge in [0.2, 0.25) is 0 Å². The van der Waals surface area contributed by atoms with Crippen LogP contribution in [0.2, 0.25) is 0 Å². The number of hydrogen-bond acceptors (Lipinski definition) is 2. The van der Waals surface area contributed by atoms with E-state index in [1.54, 1.807) is 0 Å². The Morgan fingerprint density at radius 1 is 1.31 bits per heavy atom. The zero-order valence-corrected chi connectivity index (χ0v) is 9.97. The SMILES string of the molecule is CC(C)(C)c1ccccc1OCCN=[N+]=[N-]. The van der Waals surface area contributed by atoms with E-state index in [0.29, 0.717) is 13.2 Å². The molecule has 86 valence electrons. The largest absolute Gasteiger partial charge is 0.493 e. The maximum atomic E-state index is 8.15. The van der Waals surface area contributed by atoms with Crippen LogP contribution in [0, 0.1) is 0 Å². The molecular weight excluding hydrogens is 202 g/mol. The van der Waals surface area contributed by atoms with Crippen LogP contribution in [0.3, 0.4) is 0 Å². The van der Waals surface area contributed by atoms with E-state index in [2.05, 4.69) is 36.9 Å². The van der Waals surface area contributed by atoms with Gasteiger partial charge in [0.15, 0.2) is 0 Å². The summed E-state index contributed by atoms with van der Waals surface area (Å²) in [5.41, 5.74) is 9.36. The Morgan fingerprint density at radius 2 is 2.00 bits per heavy atom. The summed E-state index contributed by atoms with van der Waals surface area (Å²) in [6, 6.07) is 7.94. The molecule has 0 fully saturated rings. The molecule has 0 N–H and O–H groups in total. The number of hydrogen-bond donors (Lipinski definition) is 0. The molecule has 0 aromatic heterocycles. The van der Waals surface area contributed by atoms with Crippen molar-refractivity contribution in [2.24, 2.45) is 5.11 Å². The number of nitrogens with zero attached hydrogens (tertiary/aromatic N) is 3. The first kappa shape index (κ1) is 12.4. The van der Waals surface area contributed by atoms with Crippen molar-refractivity contribution in [3.8, 4) is 5.75 Å².